The van der Waals surface area contributed by atoms with Gasteiger partial charge in [0.15, 0.2) is 5.65 Å². The molecule has 0 radical (unpaired) electrons. The average molecular weight is 395 g/mol. The second kappa shape index (κ2) is 8.11. The number of aromatic nitrogens is 2. The van der Waals surface area contributed by atoms with E-state index in [2.05, 4.69) is 10.3 Å². The summed E-state index contributed by atoms with van der Waals surface area (Å²) >= 11 is 0. The highest BCUT2D eigenvalue weighted by atomic mass is 16.5. The number of aryl methyl sites for hydroxylation is 2. The van der Waals surface area contributed by atoms with Gasteiger partial charge in [-0.1, -0.05) is 25.3 Å². The first-order chi connectivity index (χ1) is 14.0. The van der Waals surface area contributed by atoms with Crippen LogP contribution in [0.3, 0.4) is 0 Å². The molecule has 0 atom stereocenters. The Morgan fingerprint density at radius 2 is 2.00 bits per heavy atom. The number of benzene rings is 1. The van der Waals surface area contributed by atoms with Crippen LogP contribution in [0.15, 0.2) is 39.6 Å². The summed E-state index contributed by atoms with van der Waals surface area (Å²) in [6.45, 7) is 3.85. The van der Waals surface area contributed by atoms with Gasteiger partial charge in [0, 0.05) is 29.8 Å². The van der Waals surface area contributed by atoms with Crippen LogP contribution in [0.5, 0.6) is 5.75 Å². The summed E-state index contributed by atoms with van der Waals surface area (Å²) in [7, 11) is 0. The molecular weight excluding hydrogens is 370 g/mol. The van der Waals surface area contributed by atoms with Crippen LogP contribution < -0.4 is 15.6 Å². The van der Waals surface area contributed by atoms with E-state index in [1.807, 2.05) is 25.1 Å². The molecule has 0 unspecified atom stereocenters. The fourth-order valence-corrected chi connectivity index (χ4v) is 3.74. The molecule has 3 aromatic rings. The maximum atomic E-state index is 12.5. The second-order valence-corrected chi connectivity index (χ2v) is 7.68. The maximum Gasteiger partial charge on any atom is 0.287 e. The van der Waals surface area contributed by atoms with Gasteiger partial charge in [0.2, 0.25) is 5.91 Å². The van der Waals surface area contributed by atoms with Gasteiger partial charge in [-0.15, -0.1) is 4.57 Å². The Bertz CT molecular complexity index is 1090. The van der Waals surface area contributed by atoms with Crippen molar-refractivity contribution >= 4 is 17.2 Å². The van der Waals surface area contributed by atoms with Gasteiger partial charge >= 0.3 is 0 Å². The monoisotopic (exact) mass is 395 g/mol. The largest absolute Gasteiger partial charge is 0.487 e. The minimum Gasteiger partial charge on any atom is -0.487 e. The number of nitrogens with zero attached hydrogens (tertiary/aromatic N) is 2. The quantitative estimate of drug-likeness (QED) is 0.706. The van der Waals surface area contributed by atoms with Gasteiger partial charge in [-0.25, -0.2) is 4.98 Å². The Kier molecular flexibility index (Phi) is 5.38. The van der Waals surface area contributed by atoms with Crippen LogP contribution >= 0.6 is 0 Å². The molecule has 0 saturated heterocycles. The molecule has 1 aliphatic carbocycles. The van der Waals surface area contributed by atoms with E-state index >= 15 is 0 Å². The van der Waals surface area contributed by atoms with Crippen molar-refractivity contribution in [1.82, 2.24) is 9.56 Å². The molecule has 2 aromatic heterocycles. The Labute approximate surface area is 168 Å². The lowest BCUT2D eigenvalue weighted by atomic mass is 9.88. The summed E-state index contributed by atoms with van der Waals surface area (Å²) in [5.74, 6) is 1.44. The average Bonchev–Trinajstić information content (AvgIpc) is 3.10. The van der Waals surface area contributed by atoms with Crippen molar-refractivity contribution < 1.29 is 14.1 Å². The van der Waals surface area contributed by atoms with Gasteiger partial charge in [0.1, 0.15) is 18.1 Å². The molecule has 7 heteroatoms. The van der Waals surface area contributed by atoms with E-state index in [4.69, 9.17) is 9.26 Å². The molecule has 1 fully saturated rings. The molecule has 152 valence electrons. The fraction of sp³-hybridized carbons (Fsp3) is 0.409. The molecule has 0 bridgehead atoms. The van der Waals surface area contributed by atoms with Crippen molar-refractivity contribution in [1.29, 1.82) is 0 Å². The summed E-state index contributed by atoms with van der Waals surface area (Å²) in [4.78, 5) is 29.1. The van der Waals surface area contributed by atoms with E-state index in [1.54, 1.807) is 13.0 Å². The molecule has 4 rings (SSSR count). The molecule has 29 heavy (non-hydrogen) atoms. The third kappa shape index (κ3) is 4.34. The highest BCUT2D eigenvalue weighted by Gasteiger charge is 2.21. The van der Waals surface area contributed by atoms with Crippen molar-refractivity contribution in [3.63, 3.8) is 0 Å². The zero-order chi connectivity index (χ0) is 20.4. The van der Waals surface area contributed by atoms with Gasteiger partial charge in [0.25, 0.3) is 5.56 Å². The van der Waals surface area contributed by atoms with E-state index in [-0.39, 0.29) is 24.0 Å². The number of hydrogen-bond donors (Lipinski definition) is 1. The Morgan fingerprint density at radius 3 is 2.79 bits per heavy atom. The van der Waals surface area contributed by atoms with E-state index in [1.165, 1.54) is 12.5 Å². The molecule has 7 nitrogen and oxygen atoms in total. The summed E-state index contributed by atoms with van der Waals surface area (Å²) in [6, 6.07) is 8.73. The number of ether oxygens (including phenoxy) is 1. The van der Waals surface area contributed by atoms with Crippen molar-refractivity contribution in [2.24, 2.45) is 5.92 Å². The van der Waals surface area contributed by atoms with Gasteiger partial charge in [-0.3, -0.25) is 9.59 Å². The van der Waals surface area contributed by atoms with Gasteiger partial charge < -0.3 is 14.6 Å². The molecule has 2 heterocycles. The SMILES string of the molecule is Cc1cc2nc(COc3cc(NC(=O)C4CCCCC4)ccc3C)cc(=O)n2o1. The zero-order valence-electron chi connectivity index (χ0n) is 16.7. The molecular formula is C22H25N3O4. The van der Waals surface area contributed by atoms with Gasteiger partial charge in [-0.05, 0) is 38.3 Å². The standard InChI is InChI=1S/C22H25N3O4/c1-14-8-9-17(24-22(27)16-6-4-3-5-7-16)11-19(14)28-13-18-12-21(26)25-20(23-18)10-15(2)29-25/h8-12,16H,3-7,13H2,1-2H3,(H,24,27). The van der Waals surface area contributed by atoms with E-state index in [9.17, 15) is 9.59 Å². The maximum absolute atomic E-state index is 12.5. The number of nitrogens with one attached hydrogen (secondary N) is 1. The smallest absolute Gasteiger partial charge is 0.287 e. The number of fused-ring (bicyclic) bond motifs is 1. The molecule has 1 amide bonds. The van der Waals surface area contributed by atoms with Crippen LogP contribution in [0.1, 0.15) is 49.1 Å². The molecule has 1 aliphatic rings. The molecule has 0 spiro atoms. The normalized spacial score (nSPS) is 14.8. The third-order valence-corrected chi connectivity index (χ3v) is 5.33. The number of anilines is 1. The summed E-state index contributed by atoms with van der Waals surface area (Å²) in [5, 5.41) is 3.01. The van der Waals surface area contributed by atoms with Crippen molar-refractivity contribution in [2.75, 3.05) is 5.32 Å². The Morgan fingerprint density at radius 1 is 1.21 bits per heavy atom. The third-order valence-electron chi connectivity index (χ3n) is 5.33. The minimum absolute atomic E-state index is 0.0787. The van der Waals surface area contributed by atoms with Crippen molar-refractivity contribution in [3.8, 4) is 5.75 Å². The van der Waals surface area contributed by atoms with E-state index in [0.29, 0.717) is 22.9 Å². The predicted octanol–water partition coefficient (Wildman–Crippen LogP) is 4.00. The summed E-state index contributed by atoms with van der Waals surface area (Å²) in [5.41, 5.74) is 2.35. The van der Waals surface area contributed by atoms with Gasteiger partial charge in [0.05, 0.1) is 5.69 Å². The summed E-state index contributed by atoms with van der Waals surface area (Å²) in [6.07, 6.45) is 5.37. The van der Waals surface area contributed by atoms with Crippen LogP contribution in [-0.2, 0) is 11.4 Å². The molecule has 1 N–H and O–H groups in total. The number of carbonyl (C=O) groups excluding carboxylic acids is 1. The lowest BCUT2D eigenvalue weighted by Crippen LogP contribution is -2.24. The molecule has 0 aliphatic heterocycles. The van der Waals surface area contributed by atoms with Crippen LogP contribution in [0, 0.1) is 19.8 Å². The number of amides is 1. The van der Waals surface area contributed by atoms with Crippen molar-refractivity contribution in [2.45, 2.75) is 52.6 Å². The predicted molar refractivity (Wildman–Crippen MR) is 109 cm³/mol. The molecule has 1 aromatic carbocycles. The highest BCUT2D eigenvalue weighted by Crippen LogP contribution is 2.27. The lowest BCUT2D eigenvalue weighted by Gasteiger charge is -2.21. The first-order valence-electron chi connectivity index (χ1n) is 10.0. The van der Waals surface area contributed by atoms with Gasteiger partial charge in [-0.2, -0.15) is 0 Å². The Hall–Kier alpha value is -3.09. The number of carbonyl (C=O) groups is 1. The molecule has 1 saturated carbocycles. The minimum atomic E-state index is -0.285. The van der Waals surface area contributed by atoms with Crippen LogP contribution in [0.4, 0.5) is 5.69 Å². The Balaban J connectivity index is 1.46. The zero-order valence-corrected chi connectivity index (χ0v) is 16.7. The van der Waals surface area contributed by atoms with Crippen LogP contribution in [-0.4, -0.2) is 15.5 Å². The first kappa shape index (κ1) is 19.2. The fourth-order valence-electron chi connectivity index (χ4n) is 3.74. The van der Waals surface area contributed by atoms with Crippen molar-refractivity contribution in [3.05, 3.63) is 57.7 Å². The first-order valence-corrected chi connectivity index (χ1v) is 10.0. The second-order valence-electron chi connectivity index (χ2n) is 7.68. The van der Waals surface area contributed by atoms with Crippen LogP contribution in [0.2, 0.25) is 0 Å². The number of hydrogen-bond acceptors (Lipinski definition) is 5. The number of rotatable bonds is 5. The summed E-state index contributed by atoms with van der Waals surface area (Å²) < 4.78 is 12.4. The topological polar surface area (TPSA) is 85.8 Å². The lowest BCUT2D eigenvalue weighted by molar-refractivity contribution is -0.120. The van der Waals surface area contributed by atoms with Crippen LogP contribution in [0.25, 0.3) is 5.65 Å². The van der Waals surface area contributed by atoms with E-state index in [0.717, 1.165) is 41.5 Å². The highest BCUT2D eigenvalue weighted by molar-refractivity contribution is 5.92. The van der Waals surface area contributed by atoms with E-state index < -0.39 is 0 Å².